The number of carbonyl (C=O) groups excluding carboxylic acids is 2. The molecule has 28 heavy (non-hydrogen) atoms. The second kappa shape index (κ2) is 9.94. The van der Waals surface area contributed by atoms with Gasteiger partial charge in [0.1, 0.15) is 6.04 Å². The van der Waals surface area contributed by atoms with E-state index in [0.29, 0.717) is 16.5 Å². The maximum Gasteiger partial charge on any atom is 0.242 e. The summed E-state index contributed by atoms with van der Waals surface area (Å²) in [6.07, 6.45) is 0.747. The van der Waals surface area contributed by atoms with E-state index in [1.165, 1.54) is 0 Å². The van der Waals surface area contributed by atoms with Crippen LogP contribution in [0.4, 0.5) is 0 Å². The summed E-state index contributed by atoms with van der Waals surface area (Å²) in [5.74, 6) is -0.289. The molecule has 2 amide bonds. The molecule has 1 atom stereocenters. The Balaban J connectivity index is 2.33. The van der Waals surface area contributed by atoms with Crippen LogP contribution in [0.25, 0.3) is 0 Å². The first-order valence-corrected chi connectivity index (χ1v) is 10.0. The SMILES string of the molecule is CC[C@H](C(=O)NC)N(Cc1ccc(Cl)c(Cl)c1)C(=O)Cc1cc(C)cc(C)c1. The maximum atomic E-state index is 13.2. The number of benzene rings is 2. The fourth-order valence-electron chi connectivity index (χ4n) is 3.37. The summed E-state index contributed by atoms with van der Waals surface area (Å²) < 4.78 is 0. The Labute approximate surface area is 176 Å². The predicted octanol–water partition coefficient (Wildman–Crippen LogP) is 4.71. The molecule has 1 N–H and O–H groups in total. The average Bonchev–Trinajstić information content (AvgIpc) is 2.63. The molecule has 150 valence electrons. The van der Waals surface area contributed by atoms with E-state index in [1.54, 1.807) is 24.1 Å². The molecule has 2 aromatic rings. The molecule has 0 unspecified atom stereocenters. The van der Waals surface area contributed by atoms with Crippen LogP contribution in [0.3, 0.4) is 0 Å². The molecule has 0 spiro atoms. The third kappa shape index (κ3) is 5.73. The summed E-state index contributed by atoms with van der Waals surface area (Å²) in [6, 6.07) is 10.8. The van der Waals surface area contributed by atoms with Crippen LogP contribution in [0.5, 0.6) is 0 Å². The Morgan fingerprint density at radius 1 is 1.00 bits per heavy atom. The van der Waals surface area contributed by atoms with Crippen LogP contribution in [-0.4, -0.2) is 29.8 Å². The Morgan fingerprint density at radius 2 is 1.64 bits per heavy atom. The van der Waals surface area contributed by atoms with Crippen molar-refractivity contribution in [2.24, 2.45) is 0 Å². The van der Waals surface area contributed by atoms with Crippen molar-refractivity contribution in [2.45, 2.75) is 46.2 Å². The highest BCUT2D eigenvalue weighted by molar-refractivity contribution is 6.42. The monoisotopic (exact) mass is 420 g/mol. The van der Waals surface area contributed by atoms with Crippen LogP contribution in [0.15, 0.2) is 36.4 Å². The Hall–Kier alpha value is -2.04. The predicted molar refractivity (Wildman–Crippen MR) is 115 cm³/mol. The van der Waals surface area contributed by atoms with E-state index in [1.807, 2.05) is 39.0 Å². The molecule has 0 aliphatic rings. The van der Waals surface area contributed by atoms with Crippen molar-refractivity contribution in [2.75, 3.05) is 7.05 Å². The zero-order chi connectivity index (χ0) is 20.8. The Morgan fingerprint density at radius 3 is 2.18 bits per heavy atom. The van der Waals surface area contributed by atoms with Gasteiger partial charge in [0.05, 0.1) is 16.5 Å². The molecule has 6 heteroatoms. The normalized spacial score (nSPS) is 11.8. The molecule has 0 aromatic heterocycles. The lowest BCUT2D eigenvalue weighted by Gasteiger charge is -2.30. The minimum absolute atomic E-state index is 0.105. The summed E-state index contributed by atoms with van der Waals surface area (Å²) >= 11 is 12.1. The molecule has 0 aliphatic heterocycles. The fraction of sp³-hybridized carbons (Fsp3) is 0.364. The average molecular weight is 421 g/mol. The smallest absolute Gasteiger partial charge is 0.242 e. The minimum atomic E-state index is -0.558. The third-order valence-electron chi connectivity index (χ3n) is 4.61. The lowest BCUT2D eigenvalue weighted by atomic mass is 10.0. The highest BCUT2D eigenvalue weighted by atomic mass is 35.5. The highest BCUT2D eigenvalue weighted by Gasteiger charge is 2.28. The number of nitrogens with one attached hydrogen (secondary N) is 1. The third-order valence-corrected chi connectivity index (χ3v) is 5.35. The van der Waals surface area contributed by atoms with Crippen molar-refractivity contribution in [3.05, 3.63) is 68.7 Å². The van der Waals surface area contributed by atoms with Crippen LogP contribution in [-0.2, 0) is 22.6 Å². The van der Waals surface area contributed by atoms with Gasteiger partial charge < -0.3 is 10.2 Å². The van der Waals surface area contributed by atoms with Gasteiger partial charge in [-0.25, -0.2) is 0 Å². The van der Waals surface area contributed by atoms with Gasteiger partial charge in [0.25, 0.3) is 0 Å². The molecule has 0 aliphatic carbocycles. The van der Waals surface area contributed by atoms with E-state index < -0.39 is 6.04 Å². The largest absolute Gasteiger partial charge is 0.357 e. The fourth-order valence-corrected chi connectivity index (χ4v) is 3.69. The van der Waals surface area contributed by atoms with Gasteiger partial charge in [0, 0.05) is 13.6 Å². The molecule has 0 bridgehead atoms. The minimum Gasteiger partial charge on any atom is -0.357 e. The van der Waals surface area contributed by atoms with Crippen LogP contribution >= 0.6 is 23.2 Å². The molecular formula is C22H26Cl2N2O2. The number of aryl methyl sites for hydroxylation is 2. The maximum absolute atomic E-state index is 13.2. The van der Waals surface area contributed by atoms with Gasteiger partial charge in [0.15, 0.2) is 0 Å². The van der Waals surface area contributed by atoms with E-state index in [9.17, 15) is 9.59 Å². The summed E-state index contributed by atoms with van der Waals surface area (Å²) in [7, 11) is 1.58. The van der Waals surface area contributed by atoms with E-state index >= 15 is 0 Å². The zero-order valence-corrected chi connectivity index (χ0v) is 18.2. The van der Waals surface area contributed by atoms with Crippen LogP contribution < -0.4 is 5.32 Å². The van der Waals surface area contributed by atoms with Gasteiger partial charge in [-0.1, -0.05) is 65.5 Å². The number of rotatable bonds is 7. The number of hydrogen-bond acceptors (Lipinski definition) is 2. The number of carbonyl (C=O) groups is 2. The molecule has 0 saturated heterocycles. The summed E-state index contributed by atoms with van der Waals surface area (Å²) in [5, 5.41) is 3.54. The number of likely N-dealkylation sites (N-methyl/N-ethyl adjacent to an activating group) is 1. The van der Waals surface area contributed by atoms with E-state index in [0.717, 1.165) is 22.3 Å². The second-order valence-corrected chi connectivity index (χ2v) is 7.80. The van der Waals surface area contributed by atoms with Crippen molar-refractivity contribution in [1.29, 1.82) is 0 Å². The lowest BCUT2D eigenvalue weighted by Crippen LogP contribution is -2.48. The van der Waals surface area contributed by atoms with Crippen molar-refractivity contribution < 1.29 is 9.59 Å². The number of amides is 2. The van der Waals surface area contributed by atoms with E-state index in [2.05, 4.69) is 11.4 Å². The summed E-state index contributed by atoms with van der Waals surface area (Å²) in [4.78, 5) is 27.2. The molecule has 0 saturated carbocycles. The van der Waals surface area contributed by atoms with Crippen LogP contribution in [0.2, 0.25) is 10.0 Å². The van der Waals surface area contributed by atoms with Gasteiger partial charge in [-0.2, -0.15) is 0 Å². The van der Waals surface area contributed by atoms with Gasteiger partial charge in [-0.3, -0.25) is 9.59 Å². The van der Waals surface area contributed by atoms with E-state index in [-0.39, 0.29) is 24.8 Å². The van der Waals surface area contributed by atoms with Crippen molar-refractivity contribution in [3.8, 4) is 0 Å². The number of halogens is 2. The highest BCUT2D eigenvalue weighted by Crippen LogP contribution is 2.24. The Bertz CT molecular complexity index is 847. The molecule has 2 rings (SSSR count). The topological polar surface area (TPSA) is 49.4 Å². The van der Waals surface area contributed by atoms with Crippen LogP contribution in [0, 0.1) is 13.8 Å². The first kappa shape index (κ1) is 22.3. The lowest BCUT2D eigenvalue weighted by molar-refractivity contribution is -0.140. The molecule has 2 aromatic carbocycles. The molecule has 4 nitrogen and oxygen atoms in total. The van der Waals surface area contributed by atoms with Gasteiger partial charge in [-0.15, -0.1) is 0 Å². The second-order valence-electron chi connectivity index (χ2n) is 6.98. The number of hydrogen-bond donors (Lipinski definition) is 1. The Kier molecular flexibility index (Phi) is 7.90. The van der Waals surface area contributed by atoms with Crippen molar-refractivity contribution in [3.63, 3.8) is 0 Å². The molecule has 0 radical (unpaired) electrons. The van der Waals surface area contributed by atoms with Gasteiger partial charge in [0.2, 0.25) is 11.8 Å². The molecule has 0 fully saturated rings. The zero-order valence-electron chi connectivity index (χ0n) is 16.7. The van der Waals surface area contributed by atoms with Crippen LogP contribution in [0.1, 0.15) is 35.6 Å². The molecule has 0 heterocycles. The standard InChI is InChI=1S/C22H26Cl2N2O2/c1-5-20(22(28)25-4)26(13-16-6-7-18(23)19(24)11-16)21(27)12-17-9-14(2)8-15(3)10-17/h6-11,20H,5,12-13H2,1-4H3,(H,25,28)/t20-/m1/s1. The van der Waals surface area contributed by atoms with Crippen molar-refractivity contribution in [1.82, 2.24) is 10.2 Å². The number of nitrogens with zero attached hydrogens (tertiary/aromatic N) is 1. The first-order chi connectivity index (χ1) is 13.2. The molecular weight excluding hydrogens is 395 g/mol. The quantitative estimate of drug-likeness (QED) is 0.704. The first-order valence-electron chi connectivity index (χ1n) is 9.27. The van der Waals surface area contributed by atoms with Gasteiger partial charge >= 0.3 is 0 Å². The summed E-state index contributed by atoms with van der Waals surface area (Å²) in [5.41, 5.74) is 3.98. The van der Waals surface area contributed by atoms with Gasteiger partial charge in [-0.05, 0) is 43.5 Å². The summed E-state index contributed by atoms with van der Waals surface area (Å²) in [6.45, 7) is 6.19. The van der Waals surface area contributed by atoms with Crippen molar-refractivity contribution >= 4 is 35.0 Å². The van der Waals surface area contributed by atoms with E-state index in [4.69, 9.17) is 23.2 Å².